The fourth-order valence-electron chi connectivity index (χ4n) is 3.16. The van der Waals surface area contributed by atoms with Crippen molar-refractivity contribution in [3.8, 4) is 0 Å². The van der Waals surface area contributed by atoms with Gasteiger partial charge in [-0.3, -0.25) is 0 Å². The van der Waals surface area contributed by atoms with Crippen LogP contribution in [0, 0.1) is 5.92 Å². The minimum atomic E-state index is 0.248. The maximum atomic E-state index is 5.77. The Kier molecular flexibility index (Phi) is 2.60. The number of nitrogen functional groups attached to an aromatic ring is 1. The molecule has 2 heterocycles. The van der Waals surface area contributed by atoms with Gasteiger partial charge in [-0.05, 0) is 43.6 Å². The molecular formula is C14H20N2O. The first kappa shape index (κ1) is 11.1. The van der Waals surface area contributed by atoms with E-state index in [4.69, 9.17) is 10.5 Å². The van der Waals surface area contributed by atoms with Gasteiger partial charge < -0.3 is 15.4 Å². The molecule has 3 nitrogen and oxygen atoms in total. The molecule has 1 aromatic rings. The second-order valence-electron chi connectivity index (χ2n) is 5.52. The molecule has 2 saturated heterocycles. The Bertz CT molecular complexity index is 397. The van der Waals surface area contributed by atoms with Gasteiger partial charge in [-0.25, -0.2) is 0 Å². The van der Waals surface area contributed by atoms with Crippen LogP contribution < -0.4 is 5.73 Å². The Balaban J connectivity index is 1.89. The van der Waals surface area contributed by atoms with E-state index in [2.05, 4.69) is 24.1 Å². The lowest BCUT2D eigenvalue weighted by Crippen LogP contribution is -2.53. The molecule has 92 valence electrons. The van der Waals surface area contributed by atoms with Gasteiger partial charge in [-0.1, -0.05) is 12.1 Å². The van der Waals surface area contributed by atoms with Crippen molar-refractivity contribution in [3.63, 3.8) is 0 Å². The molecule has 1 aromatic carbocycles. The first-order valence-corrected chi connectivity index (χ1v) is 6.33. The summed E-state index contributed by atoms with van der Waals surface area (Å²) in [4.78, 5) is 2.42. The molecule has 0 aromatic heterocycles. The highest BCUT2D eigenvalue weighted by atomic mass is 16.5. The van der Waals surface area contributed by atoms with Gasteiger partial charge in [0.1, 0.15) is 0 Å². The summed E-state index contributed by atoms with van der Waals surface area (Å²) in [5.74, 6) is 0.727. The van der Waals surface area contributed by atoms with E-state index in [-0.39, 0.29) is 5.41 Å². The lowest BCUT2D eigenvalue weighted by Gasteiger charge is -2.46. The van der Waals surface area contributed by atoms with Crippen molar-refractivity contribution in [3.05, 3.63) is 29.8 Å². The number of benzene rings is 1. The zero-order valence-corrected chi connectivity index (χ0v) is 10.4. The first-order chi connectivity index (χ1) is 8.21. The van der Waals surface area contributed by atoms with Gasteiger partial charge in [0.15, 0.2) is 0 Å². The monoisotopic (exact) mass is 232 g/mol. The quantitative estimate of drug-likeness (QED) is 0.785. The summed E-state index contributed by atoms with van der Waals surface area (Å²) >= 11 is 0. The molecule has 1 unspecified atom stereocenters. The number of nitrogens with zero attached hydrogens (tertiary/aromatic N) is 1. The average Bonchev–Trinajstić information content (AvgIpc) is 2.67. The second kappa shape index (κ2) is 4.00. The van der Waals surface area contributed by atoms with E-state index >= 15 is 0 Å². The number of hydrogen-bond acceptors (Lipinski definition) is 3. The molecule has 3 rings (SSSR count). The minimum Gasteiger partial charge on any atom is -0.399 e. The van der Waals surface area contributed by atoms with E-state index in [1.165, 1.54) is 25.1 Å². The van der Waals surface area contributed by atoms with Gasteiger partial charge in [0.05, 0.1) is 13.2 Å². The van der Waals surface area contributed by atoms with Gasteiger partial charge >= 0.3 is 0 Å². The molecule has 0 spiro atoms. The summed E-state index contributed by atoms with van der Waals surface area (Å²) in [6.45, 7) is 4.14. The number of anilines is 1. The Morgan fingerprint density at radius 3 is 2.47 bits per heavy atom. The summed E-state index contributed by atoms with van der Waals surface area (Å²) in [5, 5.41) is 0. The molecular weight excluding hydrogens is 212 g/mol. The maximum Gasteiger partial charge on any atom is 0.0588 e. The maximum absolute atomic E-state index is 5.77. The molecule has 0 saturated carbocycles. The van der Waals surface area contributed by atoms with Crippen LogP contribution in [0.2, 0.25) is 0 Å². The van der Waals surface area contributed by atoms with E-state index in [1.807, 2.05) is 12.1 Å². The van der Waals surface area contributed by atoms with Crippen molar-refractivity contribution in [2.45, 2.75) is 11.8 Å². The van der Waals surface area contributed by atoms with Crippen LogP contribution in [0.25, 0.3) is 0 Å². The lowest BCUT2D eigenvalue weighted by molar-refractivity contribution is -0.0883. The highest BCUT2D eigenvalue weighted by Gasteiger charge is 2.48. The van der Waals surface area contributed by atoms with Crippen LogP contribution in [0.15, 0.2) is 24.3 Å². The molecule has 2 N–H and O–H groups in total. The zero-order valence-electron chi connectivity index (χ0n) is 10.4. The molecule has 0 radical (unpaired) electrons. The van der Waals surface area contributed by atoms with Crippen molar-refractivity contribution in [1.29, 1.82) is 0 Å². The molecule has 17 heavy (non-hydrogen) atoms. The molecule has 0 bridgehead atoms. The highest BCUT2D eigenvalue weighted by Crippen LogP contribution is 2.43. The number of nitrogens with two attached hydrogens (primary N) is 1. The van der Waals surface area contributed by atoms with Crippen molar-refractivity contribution < 1.29 is 4.74 Å². The number of likely N-dealkylation sites (tertiary alicyclic amines) is 1. The van der Waals surface area contributed by atoms with Gasteiger partial charge in [-0.15, -0.1) is 0 Å². The SMILES string of the molecule is CN1CCC(C2(c3ccc(N)cc3)COC2)C1. The topological polar surface area (TPSA) is 38.5 Å². The van der Waals surface area contributed by atoms with Crippen LogP contribution in [-0.2, 0) is 10.2 Å². The Morgan fingerprint density at radius 1 is 1.29 bits per heavy atom. The van der Waals surface area contributed by atoms with Gasteiger partial charge in [0.25, 0.3) is 0 Å². The van der Waals surface area contributed by atoms with E-state index in [0.29, 0.717) is 0 Å². The summed E-state index contributed by atoms with van der Waals surface area (Å²) in [6, 6.07) is 8.37. The first-order valence-electron chi connectivity index (χ1n) is 6.33. The molecule has 2 fully saturated rings. The third kappa shape index (κ3) is 1.74. The van der Waals surface area contributed by atoms with E-state index in [0.717, 1.165) is 24.8 Å². The smallest absolute Gasteiger partial charge is 0.0588 e. The molecule has 0 amide bonds. The summed E-state index contributed by atoms with van der Waals surface area (Å²) in [6.07, 6.45) is 1.28. The fourth-order valence-corrected chi connectivity index (χ4v) is 3.16. The second-order valence-corrected chi connectivity index (χ2v) is 5.52. The molecule has 2 aliphatic heterocycles. The van der Waals surface area contributed by atoms with Crippen LogP contribution in [-0.4, -0.2) is 38.3 Å². The van der Waals surface area contributed by atoms with Crippen LogP contribution in [0.3, 0.4) is 0 Å². The summed E-state index contributed by atoms with van der Waals surface area (Å²) in [7, 11) is 2.20. The van der Waals surface area contributed by atoms with Crippen molar-refractivity contribution in [2.75, 3.05) is 39.1 Å². The van der Waals surface area contributed by atoms with Crippen molar-refractivity contribution in [2.24, 2.45) is 5.92 Å². The lowest BCUT2D eigenvalue weighted by atomic mass is 9.68. The average molecular weight is 232 g/mol. The van der Waals surface area contributed by atoms with E-state index < -0.39 is 0 Å². The fraction of sp³-hybridized carbons (Fsp3) is 0.571. The predicted octanol–water partition coefficient (Wildman–Crippen LogP) is 1.49. The van der Waals surface area contributed by atoms with Gasteiger partial charge in [0, 0.05) is 17.6 Å². The zero-order chi connectivity index (χ0) is 11.9. The molecule has 3 heteroatoms. The summed E-state index contributed by atoms with van der Waals surface area (Å²) < 4.78 is 5.52. The van der Waals surface area contributed by atoms with Crippen LogP contribution in [0.5, 0.6) is 0 Å². The number of hydrogen-bond donors (Lipinski definition) is 1. The molecule has 2 aliphatic rings. The predicted molar refractivity (Wildman–Crippen MR) is 69.0 cm³/mol. The standard InChI is InChI=1S/C14H20N2O/c1-16-7-6-12(8-16)14(9-17-10-14)11-2-4-13(15)5-3-11/h2-5,12H,6-10,15H2,1H3. The van der Waals surface area contributed by atoms with Crippen molar-refractivity contribution in [1.82, 2.24) is 4.90 Å². The number of rotatable bonds is 2. The summed E-state index contributed by atoms with van der Waals surface area (Å²) in [5.41, 5.74) is 8.26. The van der Waals surface area contributed by atoms with Crippen molar-refractivity contribution >= 4 is 5.69 Å². The molecule has 0 aliphatic carbocycles. The van der Waals surface area contributed by atoms with Gasteiger partial charge in [-0.2, -0.15) is 0 Å². The Hall–Kier alpha value is -1.06. The largest absolute Gasteiger partial charge is 0.399 e. The Morgan fingerprint density at radius 2 is 2.00 bits per heavy atom. The molecule has 1 atom stereocenters. The van der Waals surface area contributed by atoms with Crippen LogP contribution >= 0.6 is 0 Å². The third-order valence-corrected chi connectivity index (χ3v) is 4.38. The van der Waals surface area contributed by atoms with Crippen LogP contribution in [0.1, 0.15) is 12.0 Å². The third-order valence-electron chi connectivity index (χ3n) is 4.38. The normalized spacial score (nSPS) is 27.9. The Labute approximate surface area is 103 Å². The highest BCUT2D eigenvalue weighted by molar-refractivity contribution is 5.42. The van der Waals surface area contributed by atoms with E-state index in [1.54, 1.807) is 0 Å². The van der Waals surface area contributed by atoms with Crippen LogP contribution in [0.4, 0.5) is 5.69 Å². The number of ether oxygens (including phenoxy) is 1. The van der Waals surface area contributed by atoms with E-state index in [9.17, 15) is 0 Å². The van der Waals surface area contributed by atoms with Gasteiger partial charge in [0.2, 0.25) is 0 Å². The minimum absolute atomic E-state index is 0.248.